The van der Waals surface area contributed by atoms with Gasteiger partial charge in [-0.1, -0.05) is 29.8 Å². The van der Waals surface area contributed by atoms with Crippen LogP contribution in [0.4, 0.5) is 17.8 Å². The van der Waals surface area contributed by atoms with Crippen LogP contribution >= 0.6 is 11.6 Å². The van der Waals surface area contributed by atoms with Crippen LogP contribution in [0.15, 0.2) is 48.8 Å². The fraction of sp³-hybridized carbons (Fsp3) is 0.318. The second kappa shape index (κ2) is 10.7. The van der Waals surface area contributed by atoms with E-state index in [1.165, 1.54) is 0 Å². The van der Waals surface area contributed by atoms with E-state index in [2.05, 4.69) is 41.2 Å². The van der Waals surface area contributed by atoms with Crippen LogP contribution in [0.5, 0.6) is 0 Å². The Morgan fingerprint density at radius 3 is 2.38 bits per heavy atom. The molecule has 2 aromatic heterocycles. The van der Waals surface area contributed by atoms with Gasteiger partial charge in [-0.2, -0.15) is 15.0 Å². The third-order valence-electron chi connectivity index (χ3n) is 5.01. The van der Waals surface area contributed by atoms with Gasteiger partial charge in [0.25, 0.3) is 0 Å². The molecule has 0 bridgehead atoms. The van der Waals surface area contributed by atoms with Crippen LogP contribution in [-0.4, -0.2) is 38.4 Å². The summed E-state index contributed by atoms with van der Waals surface area (Å²) in [5.74, 6) is 1.11. The zero-order valence-corrected chi connectivity index (χ0v) is 18.3. The van der Waals surface area contributed by atoms with Gasteiger partial charge in [-0.25, -0.2) is 0 Å². The van der Waals surface area contributed by atoms with E-state index in [-0.39, 0.29) is 11.9 Å². The fourth-order valence-electron chi connectivity index (χ4n) is 3.30. The summed E-state index contributed by atoms with van der Waals surface area (Å²) in [6.07, 6.45) is 6.15. The molecule has 32 heavy (non-hydrogen) atoms. The van der Waals surface area contributed by atoms with Crippen molar-refractivity contribution in [1.29, 1.82) is 0 Å². The molecule has 1 amide bonds. The van der Waals surface area contributed by atoms with Gasteiger partial charge in [0, 0.05) is 37.1 Å². The molecule has 3 heterocycles. The molecule has 1 aliphatic rings. The number of anilines is 3. The van der Waals surface area contributed by atoms with E-state index >= 15 is 0 Å². The molecular formula is C22H25ClN8O. The first kappa shape index (κ1) is 21.8. The Morgan fingerprint density at radius 1 is 0.938 bits per heavy atom. The highest BCUT2D eigenvalue weighted by atomic mass is 35.5. The summed E-state index contributed by atoms with van der Waals surface area (Å²) in [6.45, 7) is 1.73. The maximum Gasteiger partial charge on any atom is 0.242 e. The number of benzene rings is 1. The van der Waals surface area contributed by atoms with Crippen molar-refractivity contribution >= 4 is 35.4 Å². The smallest absolute Gasteiger partial charge is 0.242 e. The second-order valence-corrected chi connectivity index (χ2v) is 7.92. The molecule has 3 aromatic rings. The monoisotopic (exact) mass is 452 g/mol. The largest absolute Gasteiger partial charge is 0.354 e. The minimum atomic E-state index is -0.379. The Morgan fingerprint density at radius 2 is 1.66 bits per heavy atom. The van der Waals surface area contributed by atoms with Crippen molar-refractivity contribution < 1.29 is 4.79 Å². The average Bonchev–Trinajstić information content (AvgIpc) is 3.02. The Hall–Kier alpha value is -3.46. The quantitative estimate of drug-likeness (QED) is 0.411. The van der Waals surface area contributed by atoms with E-state index in [0.717, 1.165) is 30.4 Å². The summed E-state index contributed by atoms with van der Waals surface area (Å²) in [4.78, 5) is 29.9. The lowest BCUT2D eigenvalue weighted by Crippen LogP contribution is -2.38. The Bertz CT molecular complexity index is 1030. The van der Waals surface area contributed by atoms with E-state index in [9.17, 15) is 4.79 Å². The first-order valence-electron chi connectivity index (χ1n) is 10.6. The molecule has 9 nitrogen and oxygen atoms in total. The number of rotatable bonds is 8. The van der Waals surface area contributed by atoms with E-state index in [1.807, 2.05) is 36.4 Å². The molecule has 1 aliphatic heterocycles. The maximum absolute atomic E-state index is 12.3. The average molecular weight is 453 g/mol. The number of pyridine rings is 1. The first-order chi connectivity index (χ1) is 15.7. The number of hydrogen-bond donors (Lipinski definition) is 4. The summed E-state index contributed by atoms with van der Waals surface area (Å²) in [6, 6.07) is 11.0. The molecule has 1 fully saturated rings. The molecule has 1 unspecified atom stereocenters. The van der Waals surface area contributed by atoms with Gasteiger partial charge in [0.05, 0.1) is 0 Å². The van der Waals surface area contributed by atoms with Crippen molar-refractivity contribution in [3.05, 3.63) is 64.9 Å². The summed E-state index contributed by atoms with van der Waals surface area (Å²) in [5.41, 5.74) is 2.04. The second-order valence-electron chi connectivity index (χ2n) is 7.48. The molecule has 0 spiro atoms. The van der Waals surface area contributed by atoms with E-state index in [0.29, 0.717) is 42.5 Å². The van der Waals surface area contributed by atoms with Gasteiger partial charge >= 0.3 is 0 Å². The standard InChI is InChI=1S/C22H25ClN8O/c23-17-8-6-15(7-9-17)13-26-20-29-21(27-14-16-4-3-10-24-12-16)31-22(30-20)28-18-5-1-2-11-25-19(18)32/h3-4,6-10,12,18H,1-2,5,11,13-14H2,(H,25,32)(H3,26,27,28,29,30,31). The molecule has 1 aromatic carbocycles. The highest BCUT2D eigenvalue weighted by molar-refractivity contribution is 6.30. The normalized spacial score (nSPS) is 16.0. The van der Waals surface area contributed by atoms with Gasteiger partial charge in [-0.15, -0.1) is 0 Å². The molecule has 4 rings (SSSR count). The lowest BCUT2D eigenvalue weighted by Gasteiger charge is -2.16. The van der Waals surface area contributed by atoms with Gasteiger partial charge < -0.3 is 21.3 Å². The number of amides is 1. The first-order valence-corrected chi connectivity index (χ1v) is 10.9. The number of hydrogen-bond acceptors (Lipinski definition) is 8. The predicted molar refractivity (Wildman–Crippen MR) is 124 cm³/mol. The van der Waals surface area contributed by atoms with Crippen molar-refractivity contribution in [2.75, 3.05) is 22.5 Å². The Labute approximate surface area is 191 Å². The summed E-state index contributed by atoms with van der Waals surface area (Å²) >= 11 is 5.96. The Kier molecular flexibility index (Phi) is 7.29. The van der Waals surface area contributed by atoms with Crippen molar-refractivity contribution in [1.82, 2.24) is 25.3 Å². The number of aromatic nitrogens is 4. The summed E-state index contributed by atoms with van der Waals surface area (Å²) in [7, 11) is 0. The zero-order valence-electron chi connectivity index (χ0n) is 17.5. The van der Waals surface area contributed by atoms with Crippen LogP contribution in [0.3, 0.4) is 0 Å². The van der Waals surface area contributed by atoms with Crippen molar-refractivity contribution in [3.63, 3.8) is 0 Å². The molecule has 0 saturated carbocycles. The van der Waals surface area contributed by atoms with Crippen LogP contribution in [0.2, 0.25) is 5.02 Å². The van der Waals surface area contributed by atoms with E-state index in [4.69, 9.17) is 11.6 Å². The third kappa shape index (κ3) is 6.27. The van der Waals surface area contributed by atoms with Gasteiger partial charge in [-0.05, 0) is 48.6 Å². The van der Waals surface area contributed by atoms with Gasteiger partial charge in [0.1, 0.15) is 6.04 Å². The highest BCUT2D eigenvalue weighted by Gasteiger charge is 2.22. The predicted octanol–water partition coefficient (Wildman–Crippen LogP) is 3.22. The molecular weight excluding hydrogens is 428 g/mol. The lowest BCUT2D eigenvalue weighted by molar-refractivity contribution is -0.121. The van der Waals surface area contributed by atoms with Crippen LogP contribution in [-0.2, 0) is 17.9 Å². The number of carbonyl (C=O) groups is 1. The van der Waals surface area contributed by atoms with Gasteiger partial charge in [0.2, 0.25) is 23.8 Å². The van der Waals surface area contributed by atoms with E-state index < -0.39 is 0 Å². The molecule has 1 saturated heterocycles. The van der Waals surface area contributed by atoms with Crippen LogP contribution in [0.1, 0.15) is 30.4 Å². The maximum atomic E-state index is 12.3. The number of halogens is 1. The summed E-state index contributed by atoms with van der Waals surface area (Å²) < 4.78 is 0. The van der Waals surface area contributed by atoms with Crippen LogP contribution in [0.25, 0.3) is 0 Å². The summed E-state index contributed by atoms with van der Waals surface area (Å²) in [5, 5.41) is 13.2. The van der Waals surface area contributed by atoms with E-state index in [1.54, 1.807) is 12.4 Å². The molecule has 0 radical (unpaired) electrons. The molecule has 166 valence electrons. The number of carbonyl (C=O) groups excluding carboxylic acids is 1. The van der Waals surface area contributed by atoms with Crippen molar-refractivity contribution in [3.8, 4) is 0 Å². The Balaban J connectivity index is 1.51. The molecule has 10 heteroatoms. The molecule has 4 N–H and O–H groups in total. The molecule has 1 atom stereocenters. The van der Waals surface area contributed by atoms with Gasteiger partial charge in [0.15, 0.2) is 0 Å². The van der Waals surface area contributed by atoms with Crippen molar-refractivity contribution in [2.24, 2.45) is 0 Å². The SMILES string of the molecule is O=C1NCCCCC1Nc1nc(NCc2ccc(Cl)cc2)nc(NCc2cccnc2)n1. The third-order valence-corrected chi connectivity index (χ3v) is 5.26. The lowest BCUT2D eigenvalue weighted by atomic mass is 10.1. The number of nitrogens with zero attached hydrogens (tertiary/aromatic N) is 4. The topological polar surface area (TPSA) is 117 Å². The van der Waals surface area contributed by atoms with Crippen molar-refractivity contribution in [2.45, 2.75) is 38.4 Å². The van der Waals surface area contributed by atoms with Gasteiger partial charge in [-0.3, -0.25) is 9.78 Å². The minimum Gasteiger partial charge on any atom is -0.354 e. The van der Waals surface area contributed by atoms with Crippen LogP contribution in [0, 0.1) is 0 Å². The molecule has 0 aliphatic carbocycles. The minimum absolute atomic E-state index is 0.0385. The highest BCUT2D eigenvalue weighted by Crippen LogP contribution is 2.16. The zero-order chi connectivity index (χ0) is 22.2. The number of nitrogens with one attached hydrogen (secondary N) is 4. The van der Waals surface area contributed by atoms with Crippen LogP contribution < -0.4 is 21.3 Å². The fourth-order valence-corrected chi connectivity index (χ4v) is 3.42.